The fourth-order valence-electron chi connectivity index (χ4n) is 1.03. The fraction of sp³-hybridized carbons (Fsp3) is 0. The van der Waals surface area contributed by atoms with Crippen LogP contribution in [0.15, 0.2) is 27.3 Å². The third-order valence-corrected chi connectivity index (χ3v) is 4.45. The molecule has 2 rings (SSSR count). The zero-order chi connectivity index (χ0) is 9.97. The zero-order valence-corrected chi connectivity index (χ0v) is 17.0. The van der Waals surface area contributed by atoms with Gasteiger partial charge in [-0.2, -0.15) is 0 Å². The van der Waals surface area contributed by atoms with Crippen LogP contribution in [0.25, 0.3) is 4.85 Å². The van der Waals surface area contributed by atoms with Crippen molar-refractivity contribution in [3.05, 3.63) is 45.9 Å². The summed E-state index contributed by atoms with van der Waals surface area (Å²) in [5, 5.41) is 9.77. The molecule has 1 aliphatic heterocycles. The van der Waals surface area contributed by atoms with E-state index in [0.717, 1.165) is 14.6 Å². The quantitative estimate of drug-likeness (QED) is 0.273. The van der Waals surface area contributed by atoms with Crippen LogP contribution < -0.4 is 108 Å². The summed E-state index contributed by atoms with van der Waals surface area (Å²) in [6.07, 6.45) is 0. The van der Waals surface area contributed by atoms with Gasteiger partial charge in [-0.1, -0.05) is 0 Å². The molecule has 0 N–H and O–H groups in total. The second-order valence-electron chi connectivity index (χ2n) is 2.45. The van der Waals surface area contributed by atoms with Crippen LogP contribution in [0.3, 0.4) is 0 Å². The van der Waals surface area contributed by atoms with Crippen molar-refractivity contribution in [1.29, 1.82) is 5.26 Å². The Balaban J connectivity index is 0.00000112. The number of allylic oxidation sites excluding steroid dienone is 1. The first-order valence-electron chi connectivity index (χ1n) is 3.74. The van der Waals surface area contributed by atoms with Crippen LogP contribution in [0.2, 0.25) is 0 Å². The number of hydrogen-bond donors (Lipinski definition) is 0. The van der Waals surface area contributed by atoms with Gasteiger partial charge in [-0.05, 0) is 4.53 Å². The molecule has 6 heteroatoms. The summed E-state index contributed by atoms with van der Waals surface area (Å²) in [5.41, 5.74) is 0.200. The molecule has 1 heterocycles. The Morgan fingerprint density at radius 2 is 2.12 bits per heavy atom. The van der Waals surface area contributed by atoms with Gasteiger partial charge in [0, 0.05) is 9.52 Å². The van der Waals surface area contributed by atoms with Crippen molar-refractivity contribution in [2.24, 2.45) is 0 Å². The Kier molecular flexibility index (Phi) is 9.79. The molecule has 0 saturated heterocycles. The van der Waals surface area contributed by atoms with Crippen LogP contribution in [0, 0.1) is 30.0 Å². The first-order chi connectivity index (χ1) is 6.85. The van der Waals surface area contributed by atoms with E-state index in [1.165, 1.54) is 11.8 Å². The van der Waals surface area contributed by atoms with E-state index >= 15 is 0 Å². The number of benzene rings is 1. The van der Waals surface area contributed by atoms with E-state index in [1.54, 1.807) is 12.1 Å². The van der Waals surface area contributed by atoms with Crippen molar-refractivity contribution in [1.82, 2.24) is 0 Å². The third-order valence-electron chi connectivity index (χ3n) is 1.63. The monoisotopic (exact) mass is 288 g/mol. The van der Waals surface area contributed by atoms with Gasteiger partial charge in [-0.25, -0.2) is 26.8 Å². The molecule has 0 bridgehead atoms. The number of nitriles is 1. The first kappa shape index (κ1) is 17.8. The molecule has 0 spiro atoms. The van der Waals surface area contributed by atoms with E-state index in [2.05, 4.69) is 17.0 Å². The molecule has 16 heavy (non-hydrogen) atoms. The third kappa shape index (κ3) is 4.16. The molecule has 2 radical (unpaired) electrons. The number of thioether (sulfide) groups is 1. The molecule has 0 amide bonds. The van der Waals surface area contributed by atoms with Gasteiger partial charge in [0.25, 0.3) is 5.70 Å². The number of fused-ring (bicyclic) bond motifs is 1. The van der Waals surface area contributed by atoms with Gasteiger partial charge >= 0.3 is 103 Å². The maximum absolute atomic E-state index is 8.71. The van der Waals surface area contributed by atoms with E-state index in [0.29, 0.717) is 9.52 Å². The van der Waals surface area contributed by atoms with Crippen molar-refractivity contribution >= 4 is 26.5 Å². The summed E-state index contributed by atoms with van der Waals surface area (Å²) in [5.74, 6) is 0. The predicted molar refractivity (Wildman–Crippen MR) is 54.6 cm³/mol. The van der Waals surface area contributed by atoms with Gasteiger partial charge in [-0.3, -0.25) is 17.3 Å². The van der Waals surface area contributed by atoms with E-state index in [1.807, 2.05) is 6.07 Å². The molecule has 64 valence electrons. The average molecular weight is 288 g/mol. The van der Waals surface area contributed by atoms with Gasteiger partial charge in [0.05, 0.1) is 12.6 Å². The molecular formula is C10H2K2N2SSi. The zero-order valence-electron chi connectivity index (χ0n) is 8.96. The largest absolute Gasteiger partial charge is 1.00 e. The Hall–Kier alpha value is 1.78. The molecule has 1 aromatic rings. The Bertz CT molecular complexity index is 459. The average Bonchev–Trinajstić information content (AvgIpc) is 2.63. The van der Waals surface area contributed by atoms with Gasteiger partial charge in [-0.15, -0.1) is 0 Å². The summed E-state index contributed by atoms with van der Waals surface area (Å²) in [6.45, 7) is 6.85. The van der Waals surface area contributed by atoms with E-state index in [-0.39, 0.29) is 108 Å². The molecular weight excluding hydrogens is 286 g/mol. The number of nitrogens with zero attached hydrogens (tertiary/aromatic N) is 2. The maximum atomic E-state index is 8.71. The van der Waals surface area contributed by atoms with Crippen molar-refractivity contribution < 1.29 is 103 Å². The van der Waals surface area contributed by atoms with Crippen LogP contribution in [-0.4, -0.2) is 9.52 Å². The molecule has 0 atom stereocenters. The fourth-order valence-corrected chi connectivity index (χ4v) is 3.63. The molecule has 1 aromatic carbocycles. The summed E-state index contributed by atoms with van der Waals surface area (Å²) in [7, 11) is 0.384. The molecule has 0 unspecified atom stereocenters. The van der Waals surface area contributed by atoms with Crippen LogP contribution in [-0.2, 0) is 0 Å². The number of rotatable bonds is 0. The van der Waals surface area contributed by atoms with Crippen molar-refractivity contribution in [3.63, 3.8) is 0 Å². The smallest absolute Gasteiger partial charge is 0.317 e. The normalized spacial score (nSPS) is 14.6. The van der Waals surface area contributed by atoms with Crippen LogP contribution >= 0.6 is 11.8 Å². The number of hydrogen-bond acceptors (Lipinski definition) is 2. The van der Waals surface area contributed by atoms with E-state index in [4.69, 9.17) is 11.8 Å². The van der Waals surface area contributed by atoms with E-state index in [9.17, 15) is 0 Å². The van der Waals surface area contributed by atoms with E-state index < -0.39 is 0 Å². The van der Waals surface area contributed by atoms with Crippen molar-refractivity contribution in [2.75, 3.05) is 0 Å². The summed E-state index contributed by atoms with van der Waals surface area (Å²) in [4.78, 5) is 4.20. The summed E-state index contributed by atoms with van der Waals surface area (Å²) < 4.78 is 0.844. The first-order valence-corrected chi connectivity index (χ1v) is 5.56. The predicted octanol–water partition coefficient (Wildman–Crippen LogP) is -4.66. The van der Waals surface area contributed by atoms with Crippen molar-refractivity contribution in [2.45, 2.75) is 4.90 Å². The molecule has 0 aliphatic carbocycles. The molecule has 1 aliphatic rings. The molecule has 2 nitrogen and oxygen atoms in total. The Labute approximate surface area is 187 Å². The molecule has 0 fully saturated rings. The second-order valence-corrected chi connectivity index (χ2v) is 5.09. The minimum absolute atomic E-state index is 0. The van der Waals surface area contributed by atoms with Gasteiger partial charge < -0.3 is 12.1 Å². The SMILES string of the molecule is [C-]#[N+]/C(C#N)=C1\[Si]c2[c-]cc[c-]c2S1.[K+].[K+]. The summed E-state index contributed by atoms with van der Waals surface area (Å²) in [6, 6.07) is 11.7. The summed E-state index contributed by atoms with van der Waals surface area (Å²) >= 11 is 1.46. The van der Waals surface area contributed by atoms with Gasteiger partial charge in [0.2, 0.25) is 0 Å². The van der Waals surface area contributed by atoms with Gasteiger partial charge in [0.15, 0.2) is 0 Å². The minimum atomic E-state index is 0. The van der Waals surface area contributed by atoms with Crippen LogP contribution in [0.4, 0.5) is 0 Å². The standard InChI is InChI=1S/C10H2N2SSi.2K/c1-12-7(6-11)10-13-8-4-2-3-5-9(8)14-10;;/h2-3H;;/q-2;2*+1/b10-7-;;. The maximum Gasteiger partial charge on any atom is 1.00 e. The van der Waals surface area contributed by atoms with Crippen LogP contribution in [0.5, 0.6) is 0 Å². The Morgan fingerprint density at radius 3 is 2.69 bits per heavy atom. The second kappa shape index (κ2) is 8.81. The molecule has 0 aromatic heterocycles. The van der Waals surface area contributed by atoms with Crippen molar-refractivity contribution in [3.8, 4) is 6.07 Å². The molecule has 0 saturated carbocycles. The topological polar surface area (TPSA) is 28.1 Å². The minimum Gasteiger partial charge on any atom is -0.317 e. The van der Waals surface area contributed by atoms with Gasteiger partial charge in [0.1, 0.15) is 0 Å². The Morgan fingerprint density at radius 1 is 1.44 bits per heavy atom. The van der Waals surface area contributed by atoms with Crippen LogP contribution in [0.1, 0.15) is 0 Å².